The first kappa shape index (κ1) is 13.0. The second kappa shape index (κ2) is 5.20. The van der Waals surface area contributed by atoms with E-state index in [9.17, 15) is 14.9 Å². The largest absolute Gasteiger partial charge is 0.334 e. The molecule has 21 heavy (non-hydrogen) atoms. The maximum Gasteiger partial charge on any atom is 0.311 e. The lowest BCUT2D eigenvalue weighted by Gasteiger charge is -2.30. The van der Waals surface area contributed by atoms with Crippen LogP contribution in [0, 0.1) is 10.1 Å². The molecule has 1 aliphatic heterocycles. The molecule has 1 aromatic carbocycles. The molecule has 1 amide bonds. The molecule has 0 saturated carbocycles. The molecule has 2 aromatic rings. The second-order valence-corrected chi connectivity index (χ2v) is 4.60. The summed E-state index contributed by atoms with van der Waals surface area (Å²) in [6, 6.07) is 10.1. The average molecular weight is 284 g/mol. The van der Waals surface area contributed by atoms with Gasteiger partial charge in [0.05, 0.1) is 4.92 Å². The summed E-state index contributed by atoms with van der Waals surface area (Å²) >= 11 is 0. The second-order valence-electron chi connectivity index (χ2n) is 4.60. The molecule has 0 radical (unpaired) electrons. The van der Waals surface area contributed by atoms with Crippen LogP contribution in [0.4, 0.5) is 22.9 Å². The van der Waals surface area contributed by atoms with Gasteiger partial charge in [-0.1, -0.05) is 6.07 Å². The van der Waals surface area contributed by atoms with Gasteiger partial charge in [0.2, 0.25) is 11.7 Å². The SMILES string of the molecule is O=C1CCN1c1cccc(Nc2ncccc2[N+](=O)[O-])c1. The van der Waals surface area contributed by atoms with E-state index in [1.54, 1.807) is 23.1 Å². The molecule has 1 N–H and O–H groups in total. The molecule has 106 valence electrons. The third-order valence-electron chi connectivity index (χ3n) is 3.25. The number of nitrogens with one attached hydrogen (secondary N) is 1. The molecule has 1 aromatic heterocycles. The van der Waals surface area contributed by atoms with Crippen molar-refractivity contribution in [2.24, 2.45) is 0 Å². The minimum absolute atomic E-state index is 0.0796. The summed E-state index contributed by atoms with van der Waals surface area (Å²) in [6.45, 7) is 0.700. The van der Waals surface area contributed by atoms with Gasteiger partial charge in [-0.3, -0.25) is 14.9 Å². The molecule has 2 heterocycles. The van der Waals surface area contributed by atoms with Crippen LogP contribution in [0.5, 0.6) is 0 Å². The summed E-state index contributed by atoms with van der Waals surface area (Å²) < 4.78 is 0. The van der Waals surface area contributed by atoms with Gasteiger partial charge in [0.25, 0.3) is 0 Å². The number of nitrogens with zero attached hydrogens (tertiary/aromatic N) is 3. The average Bonchev–Trinajstić information content (AvgIpc) is 2.46. The Labute approximate surface area is 120 Å². The Hall–Kier alpha value is -2.96. The predicted octanol–water partition coefficient (Wildman–Crippen LogP) is 2.47. The Morgan fingerprint density at radius 2 is 2.14 bits per heavy atom. The number of amides is 1. The summed E-state index contributed by atoms with van der Waals surface area (Å²) in [6.07, 6.45) is 2.04. The summed E-state index contributed by atoms with van der Waals surface area (Å²) in [7, 11) is 0. The van der Waals surface area contributed by atoms with Crippen molar-refractivity contribution < 1.29 is 9.72 Å². The topological polar surface area (TPSA) is 88.4 Å². The van der Waals surface area contributed by atoms with Gasteiger partial charge >= 0.3 is 5.69 Å². The number of carbonyl (C=O) groups excluding carboxylic acids is 1. The van der Waals surface area contributed by atoms with Crippen molar-refractivity contribution in [2.75, 3.05) is 16.8 Å². The van der Waals surface area contributed by atoms with E-state index < -0.39 is 4.92 Å². The van der Waals surface area contributed by atoms with Gasteiger partial charge in [0, 0.05) is 36.6 Å². The highest BCUT2D eigenvalue weighted by Crippen LogP contribution is 2.28. The first-order chi connectivity index (χ1) is 10.1. The highest BCUT2D eigenvalue weighted by atomic mass is 16.6. The predicted molar refractivity (Wildman–Crippen MR) is 77.6 cm³/mol. The van der Waals surface area contributed by atoms with Crippen molar-refractivity contribution in [3.05, 3.63) is 52.7 Å². The van der Waals surface area contributed by atoms with E-state index in [0.29, 0.717) is 18.7 Å². The lowest BCUT2D eigenvalue weighted by molar-refractivity contribution is -0.384. The first-order valence-corrected chi connectivity index (χ1v) is 6.42. The van der Waals surface area contributed by atoms with Crippen molar-refractivity contribution in [3.63, 3.8) is 0 Å². The third-order valence-corrected chi connectivity index (χ3v) is 3.25. The van der Waals surface area contributed by atoms with E-state index in [1.165, 1.54) is 18.3 Å². The fourth-order valence-electron chi connectivity index (χ4n) is 2.12. The molecule has 0 atom stereocenters. The fourth-order valence-corrected chi connectivity index (χ4v) is 2.12. The Balaban J connectivity index is 1.87. The van der Waals surface area contributed by atoms with Crippen LogP contribution in [0.3, 0.4) is 0 Å². The molecular weight excluding hydrogens is 272 g/mol. The van der Waals surface area contributed by atoms with Crippen LogP contribution >= 0.6 is 0 Å². The molecule has 7 nitrogen and oxygen atoms in total. The Morgan fingerprint density at radius 3 is 2.81 bits per heavy atom. The van der Waals surface area contributed by atoms with Crippen molar-refractivity contribution in [3.8, 4) is 0 Å². The van der Waals surface area contributed by atoms with Gasteiger partial charge in [-0.15, -0.1) is 0 Å². The van der Waals surface area contributed by atoms with E-state index in [0.717, 1.165) is 5.69 Å². The standard InChI is InChI=1S/C14H12N4O3/c19-13-6-8-17(13)11-4-1-3-10(9-11)16-14-12(18(20)21)5-2-7-15-14/h1-5,7,9H,6,8H2,(H,15,16). The smallest absolute Gasteiger partial charge is 0.311 e. The zero-order valence-electron chi connectivity index (χ0n) is 11.0. The molecule has 0 aliphatic carbocycles. The maximum absolute atomic E-state index is 11.4. The normalized spacial score (nSPS) is 13.7. The Kier molecular flexibility index (Phi) is 3.23. The number of carbonyl (C=O) groups is 1. The fraction of sp³-hybridized carbons (Fsp3) is 0.143. The summed E-state index contributed by atoms with van der Waals surface area (Å²) in [5, 5.41) is 13.9. The molecule has 1 aliphatic rings. The van der Waals surface area contributed by atoms with Crippen molar-refractivity contribution >= 4 is 28.8 Å². The minimum atomic E-state index is -0.488. The molecule has 1 fully saturated rings. The van der Waals surface area contributed by atoms with Crippen LogP contribution in [0.2, 0.25) is 0 Å². The van der Waals surface area contributed by atoms with E-state index in [2.05, 4.69) is 10.3 Å². The Bertz CT molecular complexity index is 717. The number of benzene rings is 1. The number of aromatic nitrogens is 1. The number of nitro groups is 1. The lowest BCUT2D eigenvalue weighted by Crippen LogP contribution is -2.43. The van der Waals surface area contributed by atoms with Crippen LogP contribution in [0.15, 0.2) is 42.6 Å². The zero-order valence-corrected chi connectivity index (χ0v) is 11.0. The molecule has 1 saturated heterocycles. The quantitative estimate of drug-likeness (QED) is 0.529. The maximum atomic E-state index is 11.4. The van der Waals surface area contributed by atoms with Gasteiger partial charge < -0.3 is 10.2 Å². The van der Waals surface area contributed by atoms with Gasteiger partial charge in [-0.05, 0) is 24.3 Å². The Morgan fingerprint density at radius 1 is 1.29 bits per heavy atom. The number of hydrogen-bond acceptors (Lipinski definition) is 5. The summed E-state index contributed by atoms with van der Waals surface area (Å²) in [5.41, 5.74) is 1.33. The number of pyridine rings is 1. The highest BCUT2D eigenvalue weighted by molar-refractivity contribution is 5.99. The van der Waals surface area contributed by atoms with E-state index in [4.69, 9.17) is 0 Å². The first-order valence-electron chi connectivity index (χ1n) is 6.42. The van der Waals surface area contributed by atoms with Crippen molar-refractivity contribution in [1.29, 1.82) is 0 Å². The van der Waals surface area contributed by atoms with Gasteiger partial charge in [0.1, 0.15) is 0 Å². The van der Waals surface area contributed by atoms with E-state index in [-0.39, 0.29) is 17.4 Å². The third kappa shape index (κ3) is 2.53. The molecule has 7 heteroatoms. The van der Waals surface area contributed by atoms with Crippen LogP contribution < -0.4 is 10.2 Å². The monoisotopic (exact) mass is 284 g/mol. The van der Waals surface area contributed by atoms with Crippen LogP contribution in [-0.2, 0) is 4.79 Å². The van der Waals surface area contributed by atoms with Crippen molar-refractivity contribution in [1.82, 2.24) is 4.98 Å². The van der Waals surface area contributed by atoms with Crippen LogP contribution in [0.1, 0.15) is 6.42 Å². The van der Waals surface area contributed by atoms with E-state index >= 15 is 0 Å². The summed E-state index contributed by atoms with van der Waals surface area (Å²) in [4.78, 5) is 27.6. The van der Waals surface area contributed by atoms with Crippen molar-refractivity contribution in [2.45, 2.75) is 6.42 Å². The molecule has 0 spiro atoms. The van der Waals surface area contributed by atoms with Gasteiger partial charge in [-0.25, -0.2) is 4.98 Å². The van der Waals surface area contributed by atoms with Crippen LogP contribution in [-0.4, -0.2) is 22.4 Å². The highest BCUT2D eigenvalue weighted by Gasteiger charge is 2.25. The van der Waals surface area contributed by atoms with Crippen LogP contribution in [0.25, 0.3) is 0 Å². The van der Waals surface area contributed by atoms with Gasteiger partial charge in [0.15, 0.2) is 0 Å². The molecular formula is C14H12N4O3. The van der Waals surface area contributed by atoms with Gasteiger partial charge in [-0.2, -0.15) is 0 Å². The molecule has 0 bridgehead atoms. The molecule has 3 rings (SSSR count). The number of hydrogen-bond donors (Lipinski definition) is 1. The van der Waals surface area contributed by atoms with E-state index in [1.807, 2.05) is 6.07 Å². The molecule has 0 unspecified atom stereocenters. The number of anilines is 3. The zero-order chi connectivity index (χ0) is 14.8. The number of rotatable bonds is 4. The summed E-state index contributed by atoms with van der Waals surface area (Å²) in [5.74, 6) is 0.255. The minimum Gasteiger partial charge on any atom is -0.334 e. The number of β-lactam (4-membered cyclic amide) rings is 1. The lowest BCUT2D eigenvalue weighted by atomic mass is 10.1.